The first-order chi connectivity index (χ1) is 8.33. The lowest BCUT2D eigenvalue weighted by atomic mass is 9.90. The van der Waals surface area contributed by atoms with Crippen molar-refractivity contribution in [1.82, 2.24) is 0 Å². The van der Waals surface area contributed by atoms with Gasteiger partial charge in [0.2, 0.25) is 0 Å². The average molecular weight is 260 g/mol. The number of alkyl halides is 3. The summed E-state index contributed by atoms with van der Waals surface area (Å²) in [5.74, 6) is 0. The molecule has 1 fully saturated rings. The van der Waals surface area contributed by atoms with Crippen molar-refractivity contribution in [3.05, 3.63) is 35.4 Å². The molecule has 2 rings (SSSR count). The number of rotatable bonds is 2. The Morgan fingerprint density at radius 2 is 1.89 bits per heavy atom. The number of aliphatic hydroxyl groups excluding tert-OH is 1. The summed E-state index contributed by atoms with van der Waals surface area (Å²) in [5, 5.41) is 10.2. The van der Waals surface area contributed by atoms with Gasteiger partial charge in [0.15, 0.2) is 0 Å². The van der Waals surface area contributed by atoms with Crippen LogP contribution in [0.15, 0.2) is 24.3 Å². The standard InChI is InChI=1S/C13H15F3O2/c1-12(7-2-8-18-12)11(17)9-3-5-10(6-4-9)13(14,15)16/h3-6,11,17H,2,7-8H2,1H3. The van der Waals surface area contributed by atoms with Crippen molar-refractivity contribution in [2.24, 2.45) is 0 Å². The van der Waals surface area contributed by atoms with Crippen molar-refractivity contribution in [2.75, 3.05) is 6.61 Å². The first kappa shape index (κ1) is 13.4. The monoisotopic (exact) mass is 260 g/mol. The van der Waals surface area contributed by atoms with Gasteiger partial charge in [-0.25, -0.2) is 0 Å². The molecular formula is C13H15F3O2. The molecule has 0 amide bonds. The SMILES string of the molecule is CC1(C(O)c2ccc(C(F)(F)F)cc2)CCCO1. The van der Waals surface area contributed by atoms with Crippen LogP contribution in [-0.2, 0) is 10.9 Å². The second-order valence-corrected chi connectivity index (χ2v) is 4.79. The van der Waals surface area contributed by atoms with Gasteiger partial charge in [-0.3, -0.25) is 0 Å². The lowest BCUT2D eigenvalue weighted by Crippen LogP contribution is -2.31. The molecule has 100 valence electrons. The largest absolute Gasteiger partial charge is 0.416 e. The number of hydrogen-bond acceptors (Lipinski definition) is 2. The van der Waals surface area contributed by atoms with Crippen LogP contribution in [0.3, 0.4) is 0 Å². The Morgan fingerprint density at radius 1 is 1.28 bits per heavy atom. The average Bonchev–Trinajstić information content (AvgIpc) is 2.75. The predicted octanol–water partition coefficient (Wildman–Crippen LogP) is 3.31. The third kappa shape index (κ3) is 2.52. The molecule has 0 radical (unpaired) electrons. The highest BCUT2D eigenvalue weighted by molar-refractivity contribution is 5.27. The third-order valence-electron chi connectivity index (χ3n) is 3.38. The molecule has 2 unspecified atom stereocenters. The van der Waals surface area contributed by atoms with Crippen molar-refractivity contribution < 1.29 is 23.0 Å². The molecule has 5 heteroatoms. The molecule has 2 atom stereocenters. The van der Waals surface area contributed by atoms with Crippen LogP contribution in [0.5, 0.6) is 0 Å². The molecule has 0 aliphatic carbocycles. The molecule has 1 aliphatic rings. The molecule has 1 aliphatic heterocycles. The molecule has 1 N–H and O–H groups in total. The van der Waals surface area contributed by atoms with Crippen LogP contribution in [0, 0.1) is 0 Å². The van der Waals surface area contributed by atoms with Crippen molar-refractivity contribution in [1.29, 1.82) is 0 Å². The zero-order chi connectivity index (χ0) is 13.4. The number of halogens is 3. The minimum atomic E-state index is -4.35. The van der Waals surface area contributed by atoms with Gasteiger partial charge in [-0.15, -0.1) is 0 Å². The Bertz CT molecular complexity index is 405. The fraction of sp³-hybridized carbons (Fsp3) is 0.538. The number of benzene rings is 1. The zero-order valence-electron chi connectivity index (χ0n) is 10.00. The Kier molecular flexibility index (Phi) is 3.38. The van der Waals surface area contributed by atoms with Crippen molar-refractivity contribution in [3.63, 3.8) is 0 Å². The highest BCUT2D eigenvalue weighted by Crippen LogP contribution is 2.38. The van der Waals surface area contributed by atoms with Crippen molar-refractivity contribution >= 4 is 0 Å². The first-order valence-corrected chi connectivity index (χ1v) is 5.82. The van der Waals surface area contributed by atoms with Crippen molar-refractivity contribution in [2.45, 2.75) is 37.6 Å². The second-order valence-electron chi connectivity index (χ2n) is 4.79. The summed E-state index contributed by atoms with van der Waals surface area (Å²) in [6.45, 7) is 2.36. The topological polar surface area (TPSA) is 29.5 Å². The fourth-order valence-corrected chi connectivity index (χ4v) is 2.22. The molecule has 18 heavy (non-hydrogen) atoms. The van der Waals surface area contributed by atoms with Gasteiger partial charge in [0.25, 0.3) is 0 Å². The quantitative estimate of drug-likeness (QED) is 0.884. The summed E-state index contributed by atoms with van der Waals surface area (Å²) in [6.07, 6.45) is -3.69. The van der Waals surface area contributed by atoms with Crippen LogP contribution in [-0.4, -0.2) is 17.3 Å². The number of aliphatic hydroxyl groups is 1. The smallest absolute Gasteiger partial charge is 0.385 e. The van der Waals surface area contributed by atoms with E-state index in [2.05, 4.69) is 0 Å². The normalized spacial score (nSPS) is 26.3. The molecule has 0 saturated carbocycles. The van der Waals surface area contributed by atoms with Gasteiger partial charge in [-0.1, -0.05) is 12.1 Å². The fourth-order valence-electron chi connectivity index (χ4n) is 2.22. The predicted molar refractivity (Wildman–Crippen MR) is 60.0 cm³/mol. The van der Waals surface area contributed by atoms with E-state index in [-0.39, 0.29) is 0 Å². The van der Waals surface area contributed by atoms with E-state index >= 15 is 0 Å². The zero-order valence-corrected chi connectivity index (χ0v) is 10.00. The number of hydrogen-bond donors (Lipinski definition) is 1. The lowest BCUT2D eigenvalue weighted by molar-refractivity contribution is -0.137. The van der Waals surface area contributed by atoms with Gasteiger partial charge in [0.05, 0.1) is 11.2 Å². The summed E-state index contributed by atoms with van der Waals surface area (Å²) in [6, 6.07) is 4.58. The molecule has 0 spiro atoms. The van der Waals surface area contributed by atoms with E-state index in [1.165, 1.54) is 12.1 Å². The minimum Gasteiger partial charge on any atom is -0.385 e. The second kappa shape index (κ2) is 4.55. The van der Waals surface area contributed by atoms with E-state index in [1.807, 2.05) is 0 Å². The molecule has 0 bridgehead atoms. The molecule has 1 heterocycles. The van der Waals surface area contributed by atoms with E-state index in [1.54, 1.807) is 6.92 Å². The van der Waals surface area contributed by atoms with E-state index in [9.17, 15) is 18.3 Å². The Labute approximate surface area is 103 Å². The Hall–Kier alpha value is -1.07. The molecule has 1 aromatic rings. The molecule has 1 aromatic carbocycles. The van der Waals surface area contributed by atoms with Crippen molar-refractivity contribution in [3.8, 4) is 0 Å². The van der Waals surface area contributed by atoms with Crippen LogP contribution in [0.4, 0.5) is 13.2 Å². The van der Waals surface area contributed by atoms with Crippen LogP contribution in [0.2, 0.25) is 0 Å². The van der Waals surface area contributed by atoms with E-state index < -0.39 is 23.4 Å². The van der Waals surface area contributed by atoms with E-state index in [0.29, 0.717) is 18.6 Å². The number of ether oxygens (including phenoxy) is 1. The van der Waals surface area contributed by atoms with Crippen LogP contribution in [0.25, 0.3) is 0 Å². The van der Waals surface area contributed by atoms with Gasteiger partial charge >= 0.3 is 6.18 Å². The maximum Gasteiger partial charge on any atom is 0.416 e. The molecular weight excluding hydrogens is 245 g/mol. The van der Waals surface area contributed by atoms with Crippen LogP contribution in [0.1, 0.15) is 37.0 Å². The van der Waals surface area contributed by atoms with Crippen LogP contribution >= 0.6 is 0 Å². The van der Waals surface area contributed by atoms with Gasteiger partial charge in [0.1, 0.15) is 6.10 Å². The van der Waals surface area contributed by atoms with Crippen LogP contribution < -0.4 is 0 Å². The molecule has 0 aromatic heterocycles. The van der Waals surface area contributed by atoms with E-state index in [4.69, 9.17) is 4.74 Å². The molecule has 1 saturated heterocycles. The van der Waals surface area contributed by atoms with Gasteiger partial charge in [-0.2, -0.15) is 13.2 Å². The minimum absolute atomic E-state index is 0.451. The third-order valence-corrected chi connectivity index (χ3v) is 3.38. The first-order valence-electron chi connectivity index (χ1n) is 5.82. The van der Waals surface area contributed by atoms with E-state index in [0.717, 1.165) is 18.6 Å². The highest BCUT2D eigenvalue weighted by Gasteiger charge is 2.38. The Balaban J connectivity index is 2.19. The van der Waals surface area contributed by atoms with Gasteiger partial charge in [0, 0.05) is 6.61 Å². The summed E-state index contributed by atoms with van der Waals surface area (Å²) < 4.78 is 42.7. The summed E-state index contributed by atoms with van der Waals surface area (Å²) in [5.41, 5.74) is -0.955. The summed E-state index contributed by atoms with van der Waals surface area (Å²) in [4.78, 5) is 0. The lowest BCUT2D eigenvalue weighted by Gasteiger charge is -2.29. The van der Waals surface area contributed by atoms with Gasteiger partial charge in [-0.05, 0) is 37.5 Å². The maximum absolute atomic E-state index is 12.4. The highest BCUT2D eigenvalue weighted by atomic mass is 19.4. The summed E-state index contributed by atoms with van der Waals surface area (Å²) in [7, 11) is 0. The molecule has 2 nitrogen and oxygen atoms in total. The Morgan fingerprint density at radius 3 is 2.33 bits per heavy atom. The van der Waals surface area contributed by atoms with Gasteiger partial charge < -0.3 is 9.84 Å². The maximum atomic E-state index is 12.4. The summed E-state index contributed by atoms with van der Waals surface area (Å²) >= 11 is 0.